The van der Waals surface area contributed by atoms with Gasteiger partial charge in [-0.05, 0) is 34.7 Å². The van der Waals surface area contributed by atoms with Crippen LogP contribution < -0.4 is 0 Å². The van der Waals surface area contributed by atoms with Gasteiger partial charge in [0.1, 0.15) is 0 Å². The van der Waals surface area contributed by atoms with Crippen molar-refractivity contribution in [1.29, 1.82) is 0 Å². The average Bonchev–Trinajstić information content (AvgIpc) is 1.88. The summed E-state index contributed by atoms with van der Waals surface area (Å²) in [4.78, 5) is 10.4. The summed E-state index contributed by atoms with van der Waals surface area (Å²) < 4.78 is 0.771. The molecule has 0 unspecified atom stereocenters. The zero-order valence-corrected chi connectivity index (χ0v) is 10.9. The Kier molecular flexibility index (Phi) is 12.9. The second-order valence-corrected chi connectivity index (χ2v) is 2.95. The lowest BCUT2D eigenvalue weighted by Gasteiger charge is -1.94. The highest BCUT2D eigenvalue weighted by Crippen LogP contribution is 2.10. The number of aromatic carboxylic acids is 1. The zero-order valence-electron chi connectivity index (χ0n) is 6.27. The molecular weight excluding hydrogens is 349 g/mol. The van der Waals surface area contributed by atoms with E-state index < -0.39 is 5.97 Å². The molecule has 13 heavy (non-hydrogen) atoms. The van der Waals surface area contributed by atoms with Crippen molar-refractivity contribution in [3.05, 3.63) is 33.4 Å². The number of carboxylic acid groups (broad SMARTS) is 1. The van der Waals surface area contributed by atoms with Crippen molar-refractivity contribution in [3.63, 3.8) is 0 Å². The normalized spacial score (nSPS) is 7.15. The van der Waals surface area contributed by atoms with Crippen LogP contribution in [0, 0.1) is 3.57 Å². The van der Waals surface area contributed by atoms with Crippen molar-refractivity contribution in [3.8, 4) is 0 Å². The number of rotatable bonds is 1. The van der Waals surface area contributed by atoms with Crippen LogP contribution in [0.3, 0.4) is 0 Å². The van der Waals surface area contributed by atoms with Crippen LogP contribution in [0.4, 0.5) is 0 Å². The molecule has 0 atom stereocenters. The molecular formula is C7H8Cl3IO2. The van der Waals surface area contributed by atoms with Gasteiger partial charge in [0.05, 0.1) is 5.56 Å². The van der Waals surface area contributed by atoms with Crippen LogP contribution in [0.1, 0.15) is 10.4 Å². The van der Waals surface area contributed by atoms with Gasteiger partial charge in [0.15, 0.2) is 0 Å². The van der Waals surface area contributed by atoms with Crippen LogP contribution in [0.25, 0.3) is 0 Å². The molecule has 6 heteroatoms. The van der Waals surface area contributed by atoms with Crippen molar-refractivity contribution < 1.29 is 9.90 Å². The third-order valence-electron chi connectivity index (χ3n) is 1.10. The summed E-state index contributed by atoms with van der Waals surface area (Å²) in [5.74, 6) is -0.870. The molecule has 0 fully saturated rings. The summed E-state index contributed by atoms with van der Waals surface area (Å²) in [6.07, 6.45) is 0. The molecule has 0 bridgehead atoms. The Morgan fingerprint density at radius 3 is 1.92 bits per heavy atom. The van der Waals surface area contributed by atoms with Gasteiger partial charge in [0.25, 0.3) is 0 Å². The van der Waals surface area contributed by atoms with Gasteiger partial charge < -0.3 is 5.11 Å². The third kappa shape index (κ3) is 5.57. The molecule has 0 amide bonds. The van der Waals surface area contributed by atoms with Gasteiger partial charge in [-0.15, -0.1) is 37.2 Å². The van der Waals surface area contributed by atoms with Gasteiger partial charge in [-0.1, -0.05) is 12.1 Å². The number of hydrogen-bond donors (Lipinski definition) is 1. The van der Waals surface area contributed by atoms with E-state index in [1.807, 2.05) is 28.7 Å². The van der Waals surface area contributed by atoms with E-state index in [4.69, 9.17) is 5.11 Å². The molecule has 0 spiro atoms. The van der Waals surface area contributed by atoms with Crippen LogP contribution in [0.5, 0.6) is 0 Å². The zero-order chi connectivity index (χ0) is 7.56. The monoisotopic (exact) mass is 356 g/mol. The largest absolute Gasteiger partial charge is 0.478 e. The first-order valence-corrected chi connectivity index (χ1v) is 3.77. The van der Waals surface area contributed by atoms with Crippen molar-refractivity contribution in [2.24, 2.45) is 0 Å². The first kappa shape index (κ1) is 19.0. The second kappa shape index (κ2) is 8.87. The quantitative estimate of drug-likeness (QED) is 0.784. The Hall–Kier alpha value is 0.290. The number of carboxylic acids is 1. The van der Waals surface area contributed by atoms with E-state index in [1.165, 1.54) is 0 Å². The lowest BCUT2D eigenvalue weighted by molar-refractivity contribution is 0.0696. The minimum atomic E-state index is -0.870. The highest BCUT2D eigenvalue weighted by atomic mass is 127. The molecule has 1 aromatic carbocycles. The molecule has 0 aliphatic heterocycles. The fourth-order valence-electron chi connectivity index (χ4n) is 0.635. The van der Waals surface area contributed by atoms with Crippen molar-refractivity contribution in [2.75, 3.05) is 0 Å². The maximum atomic E-state index is 10.4. The van der Waals surface area contributed by atoms with E-state index in [0.717, 1.165) is 3.57 Å². The van der Waals surface area contributed by atoms with Gasteiger partial charge in [-0.3, -0.25) is 0 Å². The molecule has 0 aliphatic carbocycles. The molecule has 1 aromatic rings. The van der Waals surface area contributed by atoms with Crippen LogP contribution >= 0.6 is 59.8 Å². The Bertz CT molecular complexity index is 268. The molecule has 0 heterocycles. The first-order valence-electron chi connectivity index (χ1n) is 2.69. The average molecular weight is 357 g/mol. The SMILES string of the molecule is Cl.Cl.Cl.O=C(O)c1ccccc1I. The molecule has 0 saturated carbocycles. The molecule has 0 aromatic heterocycles. The molecule has 1 rings (SSSR count). The Morgan fingerprint density at radius 1 is 1.15 bits per heavy atom. The number of hydrogen-bond acceptors (Lipinski definition) is 1. The summed E-state index contributed by atoms with van der Waals surface area (Å²) in [7, 11) is 0. The molecule has 0 saturated heterocycles. The van der Waals surface area contributed by atoms with E-state index in [2.05, 4.69) is 0 Å². The first-order chi connectivity index (χ1) is 4.72. The predicted molar refractivity (Wildman–Crippen MR) is 67.9 cm³/mol. The smallest absolute Gasteiger partial charge is 0.336 e. The lowest BCUT2D eigenvalue weighted by Crippen LogP contribution is -1.97. The summed E-state index contributed by atoms with van der Waals surface area (Å²) in [6, 6.07) is 6.88. The Balaban J connectivity index is -0.000000333. The van der Waals surface area contributed by atoms with Crippen LogP contribution in [-0.4, -0.2) is 11.1 Å². The highest BCUT2D eigenvalue weighted by Gasteiger charge is 2.04. The van der Waals surface area contributed by atoms with Gasteiger partial charge >= 0.3 is 5.97 Å². The summed E-state index contributed by atoms with van der Waals surface area (Å²) in [6.45, 7) is 0. The third-order valence-corrected chi connectivity index (χ3v) is 2.04. The number of halogens is 4. The number of benzene rings is 1. The van der Waals surface area contributed by atoms with Crippen LogP contribution in [0.2, 0.25) is 0 Å². The summed E-state index contributed by atoms with van der Waals surface area (Å²) in [5, 5.41) is 8.56. The van der Waals surface area contributed by atoms with Gasteiger partial charge in [-0.2, -0.15) is 0 Å². The van der Waals surface area contributed by atoms with Crippen LogP contribution in [0.15, 0.2) is 24.3 Å². The molecule has 0 radical (unpaired) electrons. The standard InChI is InChI=1S/C7H5IO2.3ClH/c8-6-4-2-1-3-5(6)7(9)10;;;/h1-4H,(H,9,10);3*1H. The molecule has 1 N–H and O–H groups in total. The molecule has 76 valence electrons. The fourth-order valence-corrected chi connectivity index (χ4v) is 1.25. The minimum absolute atomic E-state index is 0. The van der Waals surface area contributed by atoms with E-state index in [0.29, 0.717) is 5.56 Å². The van der Waals surface area contributed by atoms with Crippen molar-refractivity contribution >= 4 is 65.8 Å². The van der Waals surface area contributed by atoms with Gasteiger partial charge in [-0.25, -0.2) is 4.79 Å². The van der Waals surface area contributed by atoms with E-state index >= 15 is 0 Å². The number of carbonyl (C=O) groups is 1. The predicted octanol–water partition coefficient (Wildman–Crippen LogP) is 3.25. The van der Waals surface area contributed by atoms with Crippen molar-refractivity contribution in [1.82, 2.24) is 0 Å². The highest BCUT2D eigenvalue weighted by molar-refractivity contribution is 14.1. The van der Waals surface area contributed by atoms with E-state index in [9.17, 15) is 4.79 Å². The van der Waals surface area contributed by atoms with Gasteiger partial charge in [0, 0.05) is 3.57 Å². The topological polar surface area (TPSA) is 37.3 Å². The van der Waals surface area contributed by atoms with Crippen molar-refractivity contribution in [2.45, 2.75) is 0 Å². The van der Waals surface area contributed by atoms with E-state index in [-0.39, 0.29) is 37.2 Å². The second-order valence-electron chi connectivity index (χ2n) is 1.78. The summed E-state index contributed by atoms with van der Waals surface area (Å²) >= 11 is 1.99. The fraction of sp³-hybridized carbons (Fsp3) is 0. The van der Waals surface area contributed by atoms with Gasteiger partial charge in [0.2, 0.25) is 0 Å². The molecule has 2 nitrogen and oxygen atoms in total. The lowest BCUT2D eigenvalue weighted by atomic mass is 10.2. The molecule has 0 aliphatic rings. The Morgan fingerprint density at radius 2 is 1.62 bits per heavy atom. The maximum Gasteiger partial charge on any atom is 0.336 e. The maximum absolute atomic E-state index is 10.4. The minimum Gasteiger partial charge on any atom is -0.478 e. The van der Waals surface area contributed by atoms with Crippen LogP contribution in [-0.2, 0) is 0 Å². The van der Waals surface area contributed by atoms with E-state index in [1.54, 1.807) is 18.2 Å². The summed E-state index contributed by atoms with van der Waals surface area (Å²) in [5.41, 5.74) is 0.364. The Labute approximate surface area is 108 Å².